The van der Waals surface area contributed by atoms with Crippen LogP contribution in [0, 0.1) is 6.92 Å². The number of carboxylic acids is 1. The normalized spacial score (nSPS) is 10.6. The van der Waals surface area contributed by atoms with E-state index in [1.54, 1.807) is 6.08 Å². The third-order valence-corrected chi connectivity index (χ3v) is 4.87. The number of rotatable bonds is 9. The fraction of sp³-hybridized carbons (Fsp3) is 0.192. The summed E-state index contributed by atoms with van der Waals surface area (Å²) in [6.07, 6.45) is 5.38. The summed E-state index contributed by atoms with van der Waals surface area (Å²) < 4.78 is 6.16. The second-order valence-electron chi connectivity index (χ2n) is 7.04. The molecule has 3 aromatic rings. The molecule has 0 atom stereocenters. The molecule has 0 aliphatic rings. The molecule has 0 bridgehead atoms. The predicted octanol–water partition coefficient (Wildman–Crippen LogP) is 1.52. The first-order valence-corrected chi connectivity index (χ1v) is 9.85. The van der Waals surface area contributed by atoms with Crippen molar-refractivity contribution in [2.45, 2.75) is 32.8 Å². The Hall–Kier alpha value is -2.33. The Kier molecular flexibility index (Phi) is 9.88. The van der Waals surface area contributed by atoms with Crippen molar-refractivity contribution < 1.29 is 44.2 Å². The van der Waals surface area contributed by atoms with Crippen LogP contribution >= 0.6 is 0 Å². The van der Waals surface area contributed by atoms with E-state index >= 15 is 0 Å². The Morgan fingerprint density at radius 3 is 2.33 bits per heavy atom. The Balaban J connectivity index is 0.00000320. The SMILES string of the molecule is Cc1cccc(CCCc2ccccc2/C=C/C(=O)[O-])c1OCc1ccccc1.[Na+]. The van der Waals surface area contributed by atoms with Crippen LogP contribution in [0.4, 0.5) is 0 Å². The van der Waals surface area contributed by atoms with Crippen molar-refractivity contribution in [3.63, 3.8) is 0 Å². The van der Waals surface area contributed by atoms with Crippen LogP contribution in [-0.4, -0.2) is 5.97 Å². The Morgan fingerprint density at radius 2 is 1.57 bits per heavy atom. The summed E-state index contributed by atoms with van der Waals surface area (Å²) in [5.41, 5.74) is 5.53. The smallest absolute Gasteiger partial charge is 0.545 e. The fourth-order valence-corrected chi connectivity index (χ4v) is 3.40. The van der Waals surface area contributed by atoms with Crippen molar-refractivity contribution in [1.82, 2.24) is 0 Å². The van der Waals surface area contributed by atoms with Gasteiger partial charge in [-0.25, -0.2) is 0 Å². The van der Waals surface area contributed by atoms with Crippen LogP contribution in [0.1, 0.15) is 34.2 Å². The molecule has 3 nitrogen and oxygen atoms in total. The molecule has 0 fully saturated rings. The Labute approximate surface area is 200 Å². The molecule has 3 aromatic carbocycles. The minimum Gasteiger partial charge on any atom is -0.545 e. The van der Waals surface area contributed by atoms with Gasteiger partial charge in [0, 0.05) is 0 Å². The van der Waals surface area contributed by atoms with E-state index < -0.39 is 5.97 Å². The van der Waals surface area contributed by atoms with Gasteiger partial charge in [0.15, 0.2) is 0 Å². The summed E-state index contributed by atoms with van der Waals surface area (Å²) in [5, 5.41) is 10.7. The second kappa shape index (κ2) is 12.4. The number of benzene rings is 3. The number of aryl methyl sites for hydroxylation is 3. The molecule has 0 amide bonds. The maximum atomic E-state index is 10.7. The van der Waals surface area contributed by atoms with Gasteiger partial charge in [-0.2, -0.15) is 0 Å². The summed E-state index contributed by atoms with van der Waals surface area (Å²) in [6.45, 7) is 2.62. The Morgan fingerprint density at radius 1 is 0.900 bits per heavy atom. The maximum absolute atomic E-state index is 10.7. The quantitative estimate of drug-likeness (QED) is 0.399. The number of hydrogen-bond acceptors (Lipinski definition) is 3. The summed E-state index contributed by atoms with van der Waals surface area (Å²) in [4.78, 5) is 10.7. The summed E-state index contributed by atoms with van der Waals surface area (Å²) >= 11 is 0. The summed E-state index contributed by atoms with van der Waals surface area (Å²) in [6, 6.07) is 24.3. The van der Waals surface area contributed by atoms with Gasteiger partial charge in [0.05, 0.1) is 5.97 Å². The third-order valence-electron chi connectivity index (χ3n) is 4.87. The van der Waals surface area contributed by atoms with Gasteiger partial charge in [0.25, 0.3) is 0 Å². The minimum atomic E-state index is -1.18. The standard InChI is InChI=1S/C26H26O3.Na/c1-20-9-7-15-24(26(20)29-19-21-10-3-2-4-11-21)16-8-14-22-12-5-6-13-23(22)17-18-25(27)28;/h2-7,9-13,15,17-18H,8,14,16,19H2,1H3,(H,27,28);/q;+1/p-1/b18-17+;. The van der Waals surface area contributed by atoms with E-state index in [4.69, 9.17) is 4.74 Å². The van der Waals surface area contributed by atoms with Crippen LogP contribution in [0.5, 0.6) is 5.75 Å². The molecule has 0 saturated heterocycles. The van der Waals surface area contributed by atoms with Crippen molar-refractivity contribution in [2.24, 2.45) is 0 Å². The first-order chi connectivity index (χ1) is 14.1. The number of para-hydroxylation sites is 1. The zero-order chi connectivity index (χ0) is 20.5. The van der Waals surface area contributed by atoms with Crippen molar-refractivity contribution in [2.75, 3.05) is 0 Å². The molecule has 0 saturated carbocycles. The van der Waals surface area contributed by atoms with Gasteiger partial charge in [0.1, 0.15) is 12.4 Å². The van der Waals surface area contributed by atoms with Crippen molar-refractivity contribution in [1.29, 1.82) is 0 Å². The van der Waals surface area contributed by atoms with E-state index in [-0.39, 0.29) is 29.6 Å². The maximum Gasteiger partial charge on any atom is 1.00 e. The molecule has 0 radical (unpaired) electrons. The molecule has 0 aromatic heterocycles. The topological polar surface area (TPSA) is 49.4 Å². The van der Waals surface area contributed by atoms with Gasteiger partial charge < -0.3 is 14.6 Å². The van der Waals surface area contributed by atoms with Crippen molar-refractivity contribution >= 4 is 12.0 Å². The molecule has 0 aliphatic heterocycles. The Bertz CT molecular complexity index is 981. The van der Waals surface area contributed by atoms with Gasteiger partial charge >= 0.3 is 29.6 Å². The number of carboxylic acid groups (broad SMARTS) is 1. The molecule has 0 unspecified atom stereocenters. The van der Waals surface area contributed by atoms with Gasteiger partial charge in [0.2, 0.25) is 0 Å². The molecule has 3 rings (SSSR count). The average molecular weight is 408 g/mol. The van der Waals surface area contributed by atoms with E-state index in [1.807, 2.05) is 42.5 Å². The number of aliphatic carboxylic acids is 1. The van der Waals surface area contributed by atoms with E-state index in [9.17, 15) is 9.90 Å². The summed E-state index contributed by atoms with van der Waals surface area (Å²) in [5.74, 6) is -0.221. The fourth-order valence-electron chi connectivity index (χ4n) is 3.40. The van der Waals surface area contributed by atoms with E-state index in [1.165, 1.54) is 5.56 Å². The molecular weight excluding hydrogens is 383 g/mol. The number of carbonyl (C=O) groups is 1. The predicted molar refractivity (Wildman–Crippen MR) is 114 cm³/mol. The van der Waals surface area contributed by atoms with E-state index in [2.05, 4.69) is 37.3 Å². The molecule has 0 heterocycles. The number of carbonyl (C=O) groups excluding carboxylic acids is 1. The molecule has 4 heteroatoms. The van der Waals surface area contributed by atoms with E-state index in [0.717, 1.165) is 53.3 Å². The van der Waals surface area contributed by atoms with Crippen LogP contribution in [0.25, 0.3) is 6.08 Å². The number of ether oxygens (including phenoxy) is 1. The second-order valence-corrected chi connectivity index (χ2v) is 7.04. The van der Waals surface area contributed by atoms with E-state index in [0.29, 0.717) is 6.61 Å². The first kappa shape index (κ1) is 23.9. The molecule has 0 N–H and O–H groups in total. The van der Waals surface area contributed by atoms with Gasteiger partial charge in [-0.15, -0.1) is 0 Å². The zero-order valence-electron chi connectivity index (χ0n) is 17.6. The van der Waals surface area contributed by atoms with Gasteiger partial charge in [-0.05, 0) is 60.1 Å². The average Bonchev–Trinajstić information content (AvgIpc) is 2.73. The summed E-state index contributed by atoms with van der Waals surface area (Å²) in [7, 11) is 0. The van der Waals surface area contributed by atoms with Crippen LogP contribution in [0.2, 0.25) is 0 Å². The largest absolute Gasteiger partial charge is 1.00 e. The van der Waals surface area contributed by atoms with Gasteiger partial charge in [-0.3, -0.25) is 0 Å². The van der Waals surface area contributed by atoms with Crippen LogP contribution in [0.3, 0.4) is 0 Å². The number of hydrogen-bond donors (Lipinski definition) is 0. The molecule has 30 heavy (non-hydrogen) atoms. The van der Waals surface area contributed by atoms with Gasteiger partial charge in [-0.1, -0.05) is 78.9 Å². The minimum absolute atomic E-state index is 0. The van der Waals surface area contributed by atoms with Crippen LogP contribution in [-0.2, 0) is 24.2 Å². The molecule has 0 spiro atoms. The zero-order valence-corrected chi connectivity index (χ0v) is 19.6. The molecular formula is C26H25NaO3. The van der Waals surface area contributed by atoms with Crippen molar-refractivity contribution in [3.8, 4) is 5.75 Å². The molecule has 0 aliphatic carbocycles. The first-order valence-electron chi connectivity index (χ1n) is 9.85. The third kappa shape index (κ3) is 7.17. The molecule has 148 valence electrons. The monoisotopic (exact) mass is 408 g/mol. The van der Waals surface area contributed by atoms with Crippen molar-refractivity contribution in [3.05, 3.63) is 107 Å². The van der Waals surface area contributed by atoms with Crippen LogP contribution < -0.4 is 39.4 Å². The van der Waals surface area contributed by atoms with Crippen LogP contribution in [0.15, 0.2) is 78.9 Å².